The predicted octanol–water partition coefficient (Wildman–Crippen LogP) is 1.10. The van der Waals surface area contributed by atoms with Crippen molar-refractivity contribution in [1.29, 1.82) is 5.26 Å². The van der Waals surface area contributed by atoms with Gasteiger partial charge in [-0.2, -0.15) is 5.26 Å². The summed E-state index contributed by atoms with van der Waals surface area (Å²) in [6.45, 7) is 2.88. The van der Waals surface area contributed by atoms with E-state index >= 15 is 0 Å². The maximum absolute atomic E-state index is 11.6. The first-order valence-electron chi connectivity index (χ1n) is 5.86. The molecule has 0 aliphatic heterocycles. The fraction of sp³-hybridized carbons (Fsp3) is 0.385. The lowest BCUT2D eigenvalue weighted by molar-refractivity contribution is -0.119. The number of rotatable bonds is 5. The third-order valence-corrected chi connectivity index (χ3v) is 2.51. The average molecular weight is 246 g/mol. The summed E-state index contributed by atoms with van der Waals surface area (Å²) in [5.74, 6) is -0.0555. The summed E-state index contributed by atoms with van der Waals surface area (Å²) in [6, 6.07) is 7.16. The van der Waals surface area contributed by atoms with Crippen LogP contribution in [0.4, 0.5) is 11.4 Å². The Morgan fingerprint density at radius 1 is 1.56 bits per heavy atom. The van der Waals surface area contributed by atoms with Gasteiger partial charge in [0, 0.05) is 19.3 Å². The highest BCUT2D eigenvalue weighted by Gasteiger charge is 2.11. The number of hydrogen-bond donors (Lipinski definition) is 2. The van der Waals surface area contributed by atoms with E-state index in [0.717, 1.165) is 6.42 Å². The van der Waals surface area contributed by atoms with Gasteiger partial charge in [-0.05, 0) is 24.6 Å². The van der Waals surface area contributed by atoms with Crippen molar-refractivity contribution in [3.8, 4) is 6.07 Å². The van der Waals surface area contributed by atoms with Crippen LogP contribution in [0.3, 0.4) is 0 Å². The topological polar surface area (TPSA) is 82.2 Å². The smallest absolute Gasteiger partial charge is 0.239 e. The maximum atomic E-state index is 11.6. The van der Waals surface area contributed by atoms with Crippen LogP contribution in [0.1, 0.15) is 18.9 Å². The molecule has 1 aromatic rings. The van der Waals surface area contributed by atoms with Crippen LogP contribution in [0.15, 0.2) is 18.2 Å². The molecule has 0 aromatic heterocycles. The van der Waals surface area contributed by atoms with E-state index in [1.807, 2.05) is 6.92 Å². The molecule has 1 amide bonds. The van der Waals surface area contributed by atoms with Crippen molar-refractivity contribution in [2.75, 3.05) is 30.8 Å². The molecule has 1 aromatic carbocycles. The van der Waals surface area contributed by atoms with Gasteiger partial charge in [-0.3, -0.25) is 4.79 Å². The first-order valence-corrected chi connectivity index (χ1v) is 5.86. The number of nitrogens with one attached hydrogen (secondary N) is 1. The molecule has 5 nitrogen and oxygen atoms in total. The number of nitrogen functional groups attached to an aromatic ring is 1. The third kappa shape index (κ3) is 3.67. The van der Waals surface area contributed by atoms with E-state index in [0.29, 0.717) is 23.5 Å². The molecule has 5 heteroatoms. The second kappa shape index (κ2) is 6.50. The number of hydrogen-bond acceptors (Lipinski definition) is 4. The largest absolute Gasteiger partial charge is 0.399 e. The van der Waals surface area contributed by atoms with E-state index in [1.54, 1.807) is 30.1 Å². The Morgan fingerprint density at radius 3 is 2.89 bits per heavy atom. The molecule has 0 aliphatic carbocycles. The fourth-order valence-electron chi connectivity index (χ4n) is 1.60. The molecule has 96 valence electrons. The van der Waals surface area contributed by atoms with Crippen LogP contribution in [0.25, 0.3) is 0 Å². The summed E-state index contributed by atoms with van der Waals surface area (Å²) in [4.78, 5) is 13.3. The molecule has 0 aliphatic rings. The monoisotopic (exact) mass is 246 g/mol. The van der Waals surface area contributed by atoms with E-state index < -0.39 is 0 Å². The highest BCUT2D eigenvalue weighted by molar-refractivity contribution is 5.82. The van der Waals surface area contributed by atoms with Gasteiger partial charge in [-0.1, -0.05) is 6.92 Å². The zero-order valence-electron chi connectivity index (χ0n) is 10.7. The Labute approximate surface area is 107 Å². The van der Waals surface area contributed by atoms with Crippen molar-refractivity contribution >= 4 is 17.3 Å². The Hall–Kier alpha value is -2.22. The molecular formula is C13H18N4O. The Kier molecular flexibility index (Phi) is 5.00. The summed E-state index contributed by atoms with van der Waals surface area (Å²) < 4.78 is 0. The van der Waals surface area contributed by atoms with Gasteiger partial charge in [-0.25, -0.2) is 0 Å². The minimum Gasteiger partial charge on any atom is -0.399 e. The molecule has 0 saturated heterocycles. The number of carbonyl (C=O) groups excluding carboxylic acids is 1. The van der Waals surface area contributed by atoms with Gasteiger partial charge in [0.05, 0.1) is 17.8 Å². The van der Waals surface area contributed by atoms with Gasteiger partial charge in [0.15, 0.2) is 0 Å². The number of nitriles is 1. The molecule has 0 fully saturated rings. The molecule has 0 unspecified atom stereocenters. The minimum atomic E-state index is -0.0555. The number of carbonyl (C=O) groups is 1. The predicted molar refractivity (Wildman–Crippen MR) is 72.1 cm³/mol. The van der Waals surface area contributed by atoms with Crippen LogP contribution in [-0.2, 0) is 4.79 Å². The maximum Gasteiger partial charge on any atom is 0.239 e. The lowest BCUT2D eigenvalue weighted by Crippen LogP contribution is -2.35. The van der Waals surface area contributed by atoms with Crippen molar-refractivity contribution in [2.45, 2.75) is 13.3 Å². The molecule has 0 saturated carbocycles. The SMILES string of the molecule is CCCNC(=O)CN(C)c1ccc(N)cc1C#N. The summed E-state index contributed by atoms with van der Waals surface area (Å²) in [5, 5.41) is 11.8. The molecular weight excluding hydrogens is 228 g/mol. The van der Waals surface area contributed by atoms with Crippen molar-refractivity contribution in [3.05, 3.63) is 23.8 Å². The van der Waals surface area contributed by atoms with Gasteiger partial charge < -0.3 is 16.0 Å². The lowest BCUT2D eigenvalue weighted by atomic mass is 10.1. The Balaban J connectivity index is 2.75. The molecule has 18 heavy (non-hydrogen) atoms. The number of benzene rings is 1. The van der Waals surface area contributed by atoms with Gasteiger partial charge in [0.2, 0.25) is 5.91 Å². The van der Waals surface area contributed by atoms with Crippen LogP contribution in [0.2, 0.25) is 0 Å². The van der Waals surface area contributed by atoms with Crippen LogP contribution in [-0.4, -0.2) is 26.0 Å². The first kappa shape index (κ1) is 13.8. The summed E-state index contributed by atoms with van der Waals surface area (Å²) in [6.07, 6.45) is 0.904. The third-order valence-electron chi connectivity index (χ3n) is 2.51. The molecule has 1 rings (SSSR count). The molecule has 0 radical (unpaired) electrons. The van der Waals surface area contributed by atoms with Crippen LogP contribution >= 0.6 is 0 Å². The van der Waals surface area contributed by atoms with E-state index in [2.05, 4.69) is 11.4 Å². The highest BCUT2D eigenvalue weighted by Crippen LogP contribution is 2.21. The van der Waals surface area contributed by atoms with Crippen molar-refractivity contribution in [3.63, 3.8) is 0 Å². The van der Waals surface area contributed by atoms with Gasteiger partial charge in [-0.15, -0.1) is 0 Å². The number of nitrogens with zero attached hydrogens (tertiary/aromatic N) is 2. The molecule has 3 N–H and O–H groups in total. The Morgan fingerprint density at radius 2 is 2.28 bits per heavy atom. The van der Waals surface area contributed by atoms with Crippen LogP contribution in [0, 0.1) is 11.3 Å². The van der Waals surface area contributed by atoms with Crippen LogP contribution in [0.5, 0.6) is 0 Å². The molecule has 0 heterocycles. The number of likely N-dealkylation sites (N-methyl/N-ethyl adjacent to an activating group) is 1. The second-order valence-corrected chi connectivity index (χ2v) is 4.09. The van der Waals surface area contributed by atoms with E-state index in [9.17, 15) is 4.79 Å². The zero-order chi connectivity index (χ0) is 13.5. The fourth-order valence-corrected chi connectivity index (χ4v) is 1.60. The highest BCUT2D eigenvalue weighted by atomic mass is 16.2. The number of amides is 1. The summed E-state index contributed by atoms with van der Waals surface area (Å²) in [5.41, 5.74) is 7.34. The summed E-state index contributed by atoms with van der Waals surface area (Å²) in [7, 11) is 1.78. The first-order chi connectivity index (χ1) is 8.58. The second-order valence-electron chi connectivity index (χ2n) is 4.09. The lowest BCUT2D eigenvalue weighted by Gasteiger charge is -2.20. The van der Waals surface area contributed by atoms with Gasteiger partial charge in [0.1, 0.15) is 6.07 Å². The number of nitrogens with two attached hydrogens (primary N) is 1. The van der Waals surface area contributed by atoms with Crippen molar-refractivity contribution < 1.29 is 4.79 Å². The van der Waals surface area contributed by atoms with E-state index in [-0.39, 0.29) is 12.5 Å². The quantitative estimate of drug-likeness (QED) is 0.762. The van der Waals surface area contributed by atoms with Crippen molar-refractivity contribution in [2.24, 2.45) is 0 Å². The normalized spacial score (nSPS) is 9.61. The average Bonchev–Trinajstić information content (AvgIpc) is 2.35. The van der Waals surface area contributed by atoms with Crippen molar-refractivity contribution in [1.82, 2.24) is 5.32 Å². The minimum absolute atomic E-state index is 0.0555. The van der Waals surface area contributed by atoms with E-state index in [4.69, 9.17) is 11.0 Å². The Bertz CT molecular complexity index is 465. The zero-order valence-corrected chi connectivity index (χ0v) is 10.7. The number of anilines is 2. The molecule has 0 atom stereocenters. The molecule has 0 bridgehead atoms. The standard InChI is InChI=1S/C13H18N4O/c1-3-6-16-13(18)9-17(2)12-5-4-11(15)7-10(12)8-14/h4-5,7H,3,6,9,15H2,1-2H3,(H,16,18). The van der Waals surface area contributed by atoms with Gasteiger partial charge in [0.25, 0.3) is 0 Å². The van der Waals surface area contributed by atoms with Crippen LogP contribution < -0.4 is 16.0 Å². The van der Waals surface area contributed by atoms with E-state index in [1.165, 1.54) is 0 Å². The summed E-state index contributed by atoms with van der Waals surface area (Å²) >= 11 is 0. The van der Waals surface area contributed by atoms with Gasteiger partial charge >= 0.3 is 0 Å². The molecule has 0 spiro atoms.